The highest BCUT2D eigenvalue weighted by Gasteiger charge is 2.18. The Labute approximate surface area is 142 Å². The van der Waals surface area contributed by atoms with Crippen molar-refractivity contribution in [1.29, 1.82) is 0 Å². The summed E-state index contributed by atoms with van der Waals surface area (Å²) < 4.78 is 22.5. The molecule has 2 aromatic heterocycles. The van der Waals surface area contributed by atoms with Crippen molar-refractivity contribution in [2.75, 3.05) is 13.7 Å². The maximum absolute atomic E-state index is 13.3. The first-order chi connectivity index (χ1) is 12.1. The molecule has 8 heteroatoms. The van der Waals surface area contributed by atoms with Gasteiger partial charge in [0.15, 0.2) is 11.2 Å². The first-order valence-corrected chi connectivity index (χ1v) is 8.04. The molecule has 0 aliphatic rings. The topological polar surface area (TPSA) is 71.1 Å². The van der Waals surface area contributed by atoms with Crippen LogP contribution in [0.2, 0.25) is 0 Å². The zero-order valence-corrected chi connectivity index (χ0v) is 14.1. The minimum atomic E-state index is -0.525. The third-order valence-corrected chi connectivity index (χ3v) is 3.97. The van der Waals surface area contributed by atoms with Crippen LogP contribution in [0.4, 0.5) is 4.39 Å². The van der Waals surface area contributed by atoms with Crippen LogP contribution >= 0.6 is 0 Å². The second kappa shape index (κ2) is 7.02. The van der Waals surface area contributed by atoms with Crippen LogP contribution in [-0.4, -0.2) is 32.4 Å². The Bertz CT molecular complexity index is 1000. The van der Waals surface area contributed by atoms with E-state index in [2.05, 4.69) is 4.98 Å². The van der Waals surface area contributed by atoms with Gasteiger partial charge in [-0.3, -0.25) is 9.36 Å². The largest absolute Gasteiger partial charge is 0.383 e. The van der Waals surface area contributed by atoms with E-state index in [0.717, 1.165) is 11.0 Å². The Morgan fingerprint density at radius 1 is 1.16 bits per heavy atom. The molecule has 0 atom stereocenters. The van der Waals surface area contributed by atoms with Crippen molar-refractivity contribution in [1.82, 2.24) is 18.7 Å². The molecule has 132 valence electrons. The molecule has 0 unspecified atom stereocenters. The number of ether oxygens (including phenoxy) is 1. The lowest BCUT2D eigenvalue weighted by Crippen LogP contribution is -2.41. The fourth-order valence-corrected chi connectivity index (χ4v) is 2.79. The highest BCUT2D eigenvalue weighted by molar-refractivity contribution is 5.72. The molecule has 0 radical (unpaired) electrons. The van der Waals surface area contributed by atoms with Crippen LogP contribution in [-0.2, 0) is 17.8 Å². The lowest BCUT2D eigenvalue weighted by atomic mass is 10.3. The molecule has 0 aliphatic carbocycles. The number of nitrogens with zero attached hydrogens (tertiary/aromatic N) is 4. The van der Waals surface area contributed by atoms with Crippen LogP contribution in [0.15, 0.2) is 40.2 Å². The minimum absolute atomic E-state index is 0.128. The molecule has 1 aromatic carbocycles. The zero-order chi connectivity index (χ0) is 18.0. The summed E-state index contributed by atoms with van der Waals surface area (Å²) in [4.78, 5) is 30.0. The van der Waals surface area contributed by atoms with Gasteiger partial charge in [-0.2, -0.15) is 0 Å². The Kier molecular flexibility index (Phi) is 4.80. The molecule has 0 saturated heterocycles. The van der Waals surface area contributed by atoms with E-state index < -0.39 is 17.1 Å². The van der Waals surface area contributed by atoms with Gasteiger partial charge in [-0.1, -0.05) is 6.92 Å². The van der Waals surface area contributed by atoms with Gasteiger partial charge < -0.3 is 9.30 Å². The third-order valence-electron chi connectivity index (χ3n) is 3.97. The average Bonchev–Trinajstić information content (AvgIpc) is 3.00. The maximum atomic E-state index is 13.3. The van der Waals surface area contributed by atoms with Crippen LogP contribution in [0.25, 0.3) is 16.9 Å². The molecule has 25 heavy (non-hydrogen) atoms. The van der Waals surface area contributed by atoms with E-state index in [1.165, 1.54) is 35.9 Å². The fraction of sp³-hybridized carbons (Fsp3) is 0.353. The number of aromatic nitrogens is 4. The lowest BCUT2D eigenvalue weighted by Gasteiger charge is -2.12. The Morgan fingerprint density at radius 3 is 2.52 bits per heavy atom. The van der Waals surface area contributed by atoms with E-state index in [-0.39, 0.29) is 18.8 Å². The van der Waals surface area contributed by atoms with Crippen LogP contribution < -0.4 is 11.2 Å². The first kappa shape index (κ1) is 17.1. The molecule has 0 N–H and O–H groups in total. The molecule has 0 fully saturated rings. The second-order valence-electron chi connectivity index (χ2n) is 5.65. The Hall–Kier alpha value is -2.74. The van der Waals surface area contributed by atoms with E-state index in [0.29, 0.717) is 17.7 Å². The highest BCUT2D eigenvalue weighted by atomic mass is 19.1. The molecular formula is C17H19FN4O3. The van der Waals surface area contributed by atoms with Crippen molar-refractivity contribution < 1.29 is 9.13 Å². The first-order valence-electron chi connectivity index (χ1n) is 8.04. The predicted molar refractivity (Wildman–Crippen MR) is 91.7 cm³/mol. The number of methoxy groups -OCH3 is 1. The van der Waals surface area contributed by atoms with E-state index in [1.54, 1.807) is 10.9 Å². The van der Waals surface area contributed by atoms with Crippen molar-refractivity contribution in [3.05, 3.63) is 57.2 Å². The van der Waals surface area contributed by atoms with Gasteiger partial charge in [-0.25, -0.2) is 18.7 Å². The van der Waals surface area contributed by atoms with E-state index in [9.17, 15) is 14.0 Å². The van der Waals surface area contributed by atoms with Gasteiger partial charge in [0, 0.05) is 13.7 Å². The molecule has 2 heterocycles. The summed E-state index contributed by atoms with van der Waals surface area (Å²) in [6, 6.07) is 5.50. The number of hydrogen-bond acceptors (Lipinski definition) is 4. The van der Waals surface area contributed by atoms with Crippen molar-refractivity contribution in [3.63, 3.8) is 0 Å². The summed E-state index contributed by atoms with van der Waals surface area (Å²) in [5, 5.41) is 0. The standard InChI is InChI=1S/C17H19FN4O3/c1-3-8-20-11-19-15-14(20)16(23)21(9-10-25-2)17(24)22(15)13-6-4-12(18)5-7-13/h4-7,11H,3,8-10H2,1-2H3. The number of hydrogen-bond donors (Lipinski definition) is 0. The van der Waals surface area contributed by atoms with Gasteiger partial charge in [0.25, 0.3) is 5.56 Å². The van der Waals surface area contributed by atoms with Crippen molar-refractivity contribution in [2.45, 2.75) is 26.4 Å². The maximum Gasteiger partial charge on any atom is 0.337 e. The van der Waals surface area contributed by atoms with Crippen molar-refractivity contribution in [3.8, 4) is 5.69 Å². The molecule has 0 aliphatic heterocycles. The van der Waals surface area contributed by atoms with E-state index in [4.69, 9.17) is 4.74 Å². The Morgan fingerprint density at radius 2 is 1.88 bits per heavy atom. The predicted octanol–water partition coefficient (Wildman–Crippen LogP) is 1.54. The molecule has 0 amide bonds. The summed E-state index contributed by atoms with van der Waals surface area (Å²) in [6.07, 6.45) is 2.37. The van der Waals surface area contributed by atoms with Gasteiger partial charge in [0.1, 0.15) is 5.82 Å². The SMILES string of the molecule is CCCn1cnc2c1c(=O)n(CCOC)c(=O)n2-c1ccc(F)cc1. The summed E-state index contributed by atoms with van der Waals surface area (Å²) in [7, 11) is 1.50. The number of benzene rings is 1. The number of imidazole rings is 1. The number of aryl methyl sites for hydroxylation is 1. The van der Waals surface area contributed by atoms with Gasteiger partial charge in [0.2, 0.25) is 0 Å². The lowest BCUT2D eigenvalue weighted by molar-refractivity contribution is 0.184. The normalized spacial score (nSPS) is 11.3. The highest BCUT2D eigenvalue weighted by Crippen LogP contribution is 2.14. The fourth-order valence-electron chi connectivity index (χ4n) is 2.79. The summed E-state index contributed by atoms with van der Waals surface area (Å²) in [5.74, 6) is -0.405. The second-order valence-corrected chi connectivity index (χ2v) is 5.65. The molecule has 0 saturated carbocycles. The molecule has 7 nitrogen and oxygen atoms in total. The molecule has 0 spiro atoms. The number of halogens is 1. The Balaban J connectivity index is 2.36. The van der Waals surface area contributed by atoms with Gasteiger partial charge in [0.05, 0.1) is 25.2 Å². The van der Waals surface area contributed by atoms with Crippen LogP contribution in [0.1, 0.15) is 13.3 Å². The zero-order valence-electron chi connectivity index (χ0n) is 14.1. The number of rotatable bonds is 6. The summed E-state index contributed by atoms with van der Waals surface area (Å²) in [6.45, 7) is 2.96. The van der Waals surface area contributed by atoms with Crippen molar-refractivity contribution >= 4 is 11.2 Å². The quantitative estimate of drug-likeness (QED) is 0.679. The summed E-state index contributed by atoms with van der Waals surface area (Å²) >= 11 is 0. The number of fused-ring (bicyclic) bond motifs is 1. The van der Waals surface area contributed by atoms with Gasteiger partial charge >= 0.3 is 5.69 Å². The van der Waals surface area contributed by atoms with Crippen LogP contribution in [0.3, 0.4) is 0 Å². The molecule has 3 aromatic rings. The van der Waals surface area contributed by atoms with E-state index in [1.807, 2.05) is 6.92 Å². The molecular weight excluding hydrogens is 327 g/mol. The van der Waals surface area contributed by atoms with Gasteiger partial charge in [-0.05, 0) is 30.7 Å². The van der Waals surface area contributed by atoms with Crippen LogP contribution in [0, 0.1) is 5.82 Å². The third kappa shape index (κ3) is 3.00. The molecule has 0 bridgehead atoms. The summed E-state index contributed by atoms with van der Waals surface area (Å²) in [5.41, 5.74) is 0.138. The average molecular weight is 346 g/mol. The van der Waals surface area contributed by atoms with Crippen LogP contribution in [0.5, 0.6) is 0 Å². The van der Waals surface area contributed by atoms with E-state index >= 15 is 0 Å². The monoisotopic (exact) mass is 346 g/mol. The molecule has 3 rings (SSSR count). The van der Waals surface area contributed by atoms with Crippen molar-refractivity contribution in [2.24, 2.45) is 0 Å². The van der Waals surface area contributed by atoms with Gasteiger partial charge in [-0.15, -0.1) is 0 Å². The smallest absolute Gasteiger partial charge is 0.337 e. The minimum Gasteiger partial charge on any atom is -0.383 e.